The molecule has 1 aliphatic heterocycles. The number of alkyl carbamates (subject to hydrolysis) is 1. The van der Waals surface area contributed by atoms with E-state index in [0.29, 0.717) is 12.4 Å². The molecule has 12 nitrogen and oxygen atoms in total. The summed E-state index contributed by atoms with van der Waals surface area (Å²) in [7, 11) is 5.08. The number of amides is 3. The third-order valence-electron chi connectivity index (χ3n) is 9.94. The molecular formula is C41H44N8O4. The number of nitrogens with zero attached hydrogens (tertiary/aromatic N) is 4. The number of hydrogen-bond donors (Lipinski definition) is 4. The zero-order valence-electron chi connectivity index (χ0n) is 30.5. The van der Waals surface area contributed by atoms with Crippen LogP contribution in [-0.2, 0) is 14.3 Å². The Morgan fingerprint density at radius 2 is 1.42 bits per heavy atom. The predicted octanol–water partition coefficient (Wildman–Crippen LogP) is 6.66. The fraction of sp³-hybridized carbons (Fsp3) is 0.293. The molecule has 1 unspecified atom stereocenters. The molecule has 2 aromatic heterocycles. The van der Waals surface area contributed by atoms with Crippen molar-refractivity contribution in [3.8, 4) is 22.3 Å². The first-order chi connectivity index (χ1) is 25.6. The Labute approximate surface area is 308 Å². The molecule has 3 heterocycles. The third-order valence-corrected chi connectivity index (χ3v) is 9.94. The van der Waals surface area contributed by atoms with Crippen molar-refractivity contribution >= 4 is 40.0 Å². The monoisotopic (exact) mass is 712 g/mol. The summed E-state index contributed by atoms with van der Waals surface area (Å²) < 4.78 is 4.66. The summed E-state index contributed by atoms with van der Waals surface area (Å²) in [5.41, 5.74) is 8.61. The molecule has 4 atom stereocenters. The number of aromatic nitrogens is 4. The van der Waals surface area contributed by atoms with Gasteiger partial charge in [0.1, 0.15) is 23.7 Å². The van der Waals surface area contributed by atoms with E-state index in [1.807, 2.05) is 68.4 Å². The van der Waals surface area contributed by atoms with Crippen molar-refractivity contribution in [3.63, 3.8) is 0 Å². The van der Waals surface area contributed by atoms with Crippen LogP contribution in [0.2, 0.25) is 0 Å². The molecule has 1 aliphatic rings. The molecule has 4 aromatic carbocycles. The van der Waals surface area contributed by atoms with E-state index in [9.17, 15) is 14.4 Å². The lowest BCUT2D eigenvalue weighted by atomic mass is 10.00. The van der Waals surface area contributed by atoms with E-state index in [2.05, 4.69) is 73.9 Å². The Balaban J connectivity index is 1.04. The van der Waals surface area contributed by atoms with Gasteiger partial charge in [-0.25, -0.2) is 14.8 Å². The number of carbonyl (C=O) groups excluding carboxylic acids is 3. The molecular weight excluding hydrogens is 669 g/mol. The van der Waals surface area contributed by atoms with E-state index in [4.69, 9.17) is 9.97 Å². The first-order valence-corrected chi connectivity index (χ1v) is 17.9. The predicted molar refractivity (Wildman–Crippen MR) is 205 cm³/mol. The number of methoxy groups -OCH3 is 1. The molecule has 1 fully saturated rings. The average molecular weight is 713 g/mol. The van der Waals surface area contributed by atoms with Crippen LogP contribution in [0.4, 0.5) is 4.79 Å². The van der Waals surface area contributed by atoms with Gasteiger partial charge in [-0.15, -0.1) is 0 Å². The number of likely N-dealkylation sites (N-methyl/N-ethyl adjacent to an activating group) is 1. The zero-order chi connectivity index (χ0) is 37.2. The highest BCUT2D eigenvalue weighted by atomic mass is 16.5. The summed E-state index contributed by atoms with van der Waals surface area (Å²) in [4.78, 5) is 58.4. The number of hydrogen-bond acceptors (Lipinski definition) is 7. The van der Waals surface area contributed by atoms with Crippen LogP contribution >= 0.6 is 0 Å². The molecule has 7 rings (SSSR count). The van der Waals surface area contributed by atoms with Crippen LogP contribution in [0.3, 0.4) is 0 Å². The number of benzene rings is 4. The third kappa shape index (κ3) is 7.36. The van der Waals surface area contributed by atoms with E-state index < -0.39 is 18.2 Å². The van der Waals surface area contributed by atoms with Gasteiger partial charge in [0.2, 0.25) is 11.8 Å². The Morgan fingerprint density at radius 3 is 2.04 bits per heavy atom. The number of nitrogens with one attached hydrogen (secondary N) is 4. The Morgan fingerprint density at radius 1 is 0.811 bits per heavy atom. The van der Waals surface area contributed by atoms with Crippen LogP contribution in [0, 0.1) is 0 Å². The lowest BCUT2D eigenvalue weighted by molar-refractivity contribution is -0.134. The number of rotatable bonds is 10. The summed E-state index contributed by atoms with van der Waals surface area (Å²) in [6.07, 6.45) is 1.01. The van der Waals surface area contributed by atoms with Gasteiger partial charge in [-0.1, -0.05) is 66.7 Å². The van der Waals surface area contributed by atoms with Crippen molar-refractivity contribution < 1.29 is 19.1 Å². The van der Waals surface area contributed by atoms with E-state index in [1.54, 1.807) is 11.8 Å². The van der Waals surface area contributed by atoms with Crippen LogP contribution in [-0.4, -0.2) is 81.4 Å². The van der Waals surface area contributed by atoms with E-state index in [-0.39, 0.29) is 23.9 Å². The minimum atomic E-state index is -0.703. The Bertz CT molecular complexity index is 2260. The summed E-state index contributed by atoms with van der Waals surface area (Å²) in [6, 6.07) is 28.8. The molecule has 272 valence electrons. The second-order valence-electron chi connectivity index (χ2n) is 13.8. The summed E-state index contributed by atoms with van der Waals surface area (Å²) in [5.74, 6) is 1.18. The minimum absolute atomic E-state index is 0.0875. The lowest BCUT2D eigenvalue weighted by Crippen LogP contribution is -2.46. The van der Waals surface area contributed by atoms with Gasteiger partial charge in [-0.3, -0.25) is 14.5 Å². The number of H-pyrrole nitrogens is 2. The first-order valence-electron chi connectivity index (χ1n) is 17.9. The highest BCUT2D eigenvalue weighted by Gasteiger charge is 2.35. The van der Waals surface area contributed by atoms with Crippen LogP contribution < -0.4 is 10.6 Å². The molecule has 4 N–H and O–H groups in total. The highest BCUT2D eigenvalue weighted by Crippen LogP contribution is 2.34. The topological polar surface area (TPSA) is 148 Å². The molecule has 0 saturated carbocycles. The molecule has 1 saturated heterocycles. The molecule has 53 heavy (non-hydrogen) atoms. The lowest BCUT2D eigenvalue weighted by Gasteiger charge is -2.26. The SMILES string of the molecule is COC(=O)NC(C)C(=O)N1CCC[C@H]1c1nc2ccc(-c3ccc(-c4ccc5nc([C@H](C)NC(=O)[C@@H](c6ccccc6)N(C)C)[nH]c5c4)cc3)cc2[nH]1. The number of imidazole rings is 2. The van der Waals surface area contributed by atoms with Crippen molar-refractivity contribution in [1.82, 2.24) is 40.4 Å². The molecule has 0 spiro atoms. The maximum atomic E-state index is 13.3. The number of carbonyl (C=O) groups is 3. The van der Waals surface area contributed by atoms with E-state index in [1.165, 1.54) is 7.11 Å². The van der Waals surface area contributed by atoms with Crippen molar-refractivity contribution in [3.05, 3.63) is 108 Å². The zero-order valence-corrected chi connectivity index (χ0v) is 30.5. The van der Waals surface area contributed by atoms with Crippen molar-refractivity contribution in [2.24, 2.45) is 0 Å². The van der Waals surface area contributed by atoms with Crippen molar-refractivity contribution in [1.29, 1.82) is 0 Å². The normalized spacial score (nSPS) is 16.1. The van der Waals surface area contributed by atoms with Crippen LogP contribution in [0.15, 0.2) is 91.0 Å². The maximum absolute atomic E-state index is 13.3. The van der Waals surface area contributed by atoms with Crippen LogP contribution in [0.1, 0.15) is 62.0 Å². The number of ether oxygens (including phenoxy) is 1. The van der Waals surface area contributed by atoms with Gasteiger partial charge in [-0.05, 0) is 92.9 Å². The number of fused-ring (bicyclic) bond motifs is 2. The Kier molecular flexibility index (Phi) is 9.96. The van der Waals surface area contributed by atoms with E-state index in [0.717, 1.165) is 68.6 Å². The van der Waals surface area contributed by atoms with Gasteiger partial charge in [0.25, 0.3) is 0 Å². The van der Waals surface area contributed by atoms with Crippen LogP contribution in [0.5, 0.6) is 0 Å². The fourth-order valence-corrected chi connectivity index (χ4v) is 7.18. The van der Waals surface area contributed by atoms with E-state index >= 15 is 0 Å². The van der Waals surface area contributed by atoms with Crippen molar-refractivity contribution in [2.75, 3.05) is 27.7 Å². The van der Waals surface area contributed by atoms with Gasteiger partial charge in [0.15, 0.2) is 0 Å². The van der Waals surface area contributed by atoms with Gasteiger partial charge in [-0.2, -0.15) is 0 Å². The average Bonchev–Trinajstić information content (AvgIpc) is 3.93. The quantitative estimate of drug-likeness (QED) is 0.124. The first kappa shape index (κ1) is 35.4. The highest BCUT2D eigenvalue weighted by molar-refractivity contribution is 5.87. The second kappa shape index (κ2) is 14.9. The summed E-state index contributed by atoms with van der Waals surface area (Å²) in [6.45, 7) is 4.20. The van der Waals surface area contributed by atoms with Gasteiger partial charge < -0.3 is 30.2 Å². The minimum Gasteiger partial charge on any atom is -0.453 e. The van der Waals surface area contributed by atoms with Gasteiger partial charge in [0, 0.05) is 6.54 Å². The largest absolute Gasteiger partial charge is 0.453 e. The van der Waals surface area contributed by atoms with Crippen LogP contribution in [0.25, 0.3) is 44.3 Å². The summed E-state index contributed by atoms with van der Waals surface area (Å²) >= 11 is 0. The smallest absolute Gasteiger partial charge is 0.407 e. The number of likely N-dealkylation sites (tertiary alicyclic amines) is 1. The second-order valence-corrected chi connectivity index (χ2v) is 13.8. The van der Waals surface area contributed by atoms with Gasteiger partial charge in [0.05, 0.1) is 41.3 Å². The van der Waals surface area contributed by atoms with Crippen molar-refractivity contribution in [2.45, 2.75) is 50.9 Å². The Hall–Kier alpha value is -6.01. The molecule has 12 heteroatoms. The molecule has 0 aliphatic carbocycles. The number of aromatic amines is 2. The fourth-order valence-electron chi connectivity index (χ4n) is 7.18. The molecule has 3 amide bonds. The molecule has 6 aromatic rings. The maximum Gasteiger partial charge on any atom is 0.407 e. The standard InChI is InChI=1S/C41H44N8O4/c1-24(42-39(50)36(48(3)4)28-10-7-6-8-11-28)37-44-31-19-17-29(22-33(31)46-37)26-13-15-27(16-14-26)30-18-20-32-34(23-30)47-38(45-32)35-12-9-21-49(35)40(51)25(2)43-41(52)53-5/h6-8,10-11,13-20,22-25,35-36H,9,12,21H2,1-5H3,(H,42,50)(H,43,52)(H,44,46)(H,45,47)/t24-,25?,35-,36+/m0/s1. The van der Waals surface area contributed by atoms with Gasteiger partial charge >= 0.3 is 6.09 Å². The molecule has 0 radical (unpaired) electrons. The molecule has 0 bridgehead atoms. The summed E-state index contributed by atoms with van der Waals surface area (Å²) in [5, 5.41) is 5.71.